The van der Waals surface area contributed by atoms with Crippen molar-refractivity contribution in [2.75, 3.05) is 32.7 Å². The van der Waals surface area contributed by atoms with Crippen LogP contribution < -0.4 is 16.8 Å². The van der Waals surface area contributed by atoms with Gasteiger partial charge in [0.1, 0.15) is 0 Å². The van der Waals surface area contributed by atoms with Crippen molar-refractivity contribution in [3.8, 4) is 0 Å². The minimum atomic E-state index is -3.14. The van der Waals surface area contributed by atoms with E-state index in [1.54, 1.807) is 0 Å². The highest BCUT2D eigenvalue weighted by Gasteiger charge is 2.64. The fourth-order valence-corrected chi connectivity index (χ4v) is 7.57. The van der Waals surface area contributed by atoms with Crippen molar-refractivity contribution in [2.45, 2.75) is 96.6 Å². The molecule has 53 heavy (non-hydrogen) atoms. The SMILES string of the molecule is CC(=O)N1CCC2(CN(C(=O)[C@@H](CCCCN)CC(=O)[C@@H](CC(C)C)NC(=O)[C@H](CC(=O)[C@H](N)Cc3ccccc3)Cc3ccccc3)C2)C(F)(F)C1. The van der Waals surface area contributed by atoms with Gasteiger partial charge in [-0.3, -0.25) is 24.0 Å². The molecule has 2 aliphatic heterocycles. The molecule has 0 unspecified atom stereocenters. The van der Waals surface area contributed by atoms with Crippen LogP contribution in [0.1, 0.15) is 76.8 Å². The number of nitrogens with one attached hydrogen (secondary N) is 1. The van der Waals surface area contributed by atoms with E-state index in [9.17, 15) is 24.0 Å². The molecule has 1 spiro atoms. The Labute approximate surface area is 312 Å². The van der Waals surface area contributed by atoms with Crippen molar-refractivity contribution in [3.63, 3.8) is 0 Å². The van der Waals surface area contributed by atoms with Crippen molar-refractivity contribution < 1.29 is 32.8 Å². The van der Waals surface area contributed by atoms with Crippen LogP contribution in [0.4, 0.5) is 8.78 Å². The molecule has 0 radical (unpaired) electrons. The summed E-state index contributed by atoms with van der Waals surface area (Å²) in [5.74, 6) is -6.46. The molecule has 2 aromatic rings. The van der Waals surface area contributed by atoms with Gasteiger partial charge in [0.05, 0.1) is 24.0 Å². The highest BCUT2D eigenvalue weighted by molar-refractivity contribution is 5.95. The summed E-state index contributed by atoms with van der Waals surface area (Å²) in [4.78, 5) is 69.7. The van der Waals surface area contributed by atoms with E-state index in [4.69, 9.17) is 11.5 Å². The number of hydrogen-bond acceptors (Lipinski definition) is 7. The van der Waals surface area contributed by atoms with Crippen LogP contribution >= 0.6 is 0 Å². The summed E-state index contributed by atoms with van der Waals surface area (Å²) in [5.41, 5.74) is 12.4. The Morgan fingerprint density at radius 1 is 0.811 bits per heavy atom. The third kappa shape index (κ3) is 11.2. The maximum Gasteiger partial charge on any atom is 0.274 e. The molecule has 2 saturated heterocycles. The number of nitrogens with zero attached hydrogens (tertiary/aromatic N) is 2. The van der Waals surface area contributed by atoms with Gasteiger partial charge in [-0.25, -0.2) is 8.78 Å². The Balaban J connectivity index is 1.47. The highest BCUT2D eigenvalue weighted by Crippen LogP contribution is 2.50. The lowest BCUT2D eigenvalue weighted by molar-refractivity contribution is -0.225. The molecule has 3 amide bonds. The zero-order valence-corrected chi connectivity index (χ0v) is 31.4. The molecule has 2 aliphatic rings. The molecule has 2 fully saturated rings. The van der Waals surface area contributed by atoms with Gasteiger partial charge in [0.2, 0.25) is 17.7 Å². The number of carbonyl (C=O) groups excluding carboxylic acids is 5. The number of piperidine rings is 1. The van der Waals surface area contributed by atoms with Crippen LogP contribution in [0.3, 0.4) is 0 Å². The fraction of sp³-hybridized carbons (Fsp3) is 0.585. The van der Waals surface area contributed by atoms with Gasteiger partial charge < -0.3 is 26.6 Å². The highest BCUT2D eigenvalue weighted by atomic mass is 19.3. The second kappa shape index (κ2) is 18.8. The van der Waals surface area contributed by atoms with Gasteiger partial charge in [-0.2, -0.15) is 0 Å². The number of amides is 3. The zero-order valence-electron chi connectivity index (χ0n) is 31.4. The molecule has 5 N–H and O–H groups in total. The van der Waals surface area contributed by atoms with Crippen molar-refractivity contribution in [2.24, 2.45) is 34.6 Å². The normalized spacial score (nSPS) is 18.5. The second-order valence-electron chi connectivity index (χ2n) is 15.6. The molecule has 2 aromatic carbocycles. The average Bonchev–Trinajstić information content (AvgIpc) is 3.09. The van der Waals surface area contributed by atoms with E-state index in [1.165, 1.54) is 11.8 Å². The fourth-order valence-electron chi connectivity index (χ4n) is 7.57. The van der Waals surface area contributed by atoms with E-state index in [1.807, 2.05) is 74.5 Å². The number of unbranched alkanes of at least 4 members (excludes halogenated alkanes) is 1. The quantitative estimate of drug-likeness (QED) is 0.181. The van der Waals surface area contributed by atoms with Gasteiger partial charge in [-0.05, 0) is 62.1 Å². The maximum absolute atomic E-state index is 15.3. The Kier molecular flexibility index (Phi) is 14.8. The van der Waals surface area contributed by atoms with Crippen LogP contribution in [-0.4, -0.2) is 89.8 Å². The number of benzene rings is 2. The van der Waals surface area contributed by atoms with E-state index in [-0.39, 0.29) is 68.7 Å². The number of ketones is 2. The molecule has 10 nitrogen and oxygen atoms in total. The predicted molar refractivity (Wildman–Crippen MR) is 200 cm³/mol. The van der Waals surface area contributed by atoms with E-state index in [0.717, 1.165) is 16.0 Å². The van der Waals surface area contributed by atoms with Gasteiger partial charge in [0.25, 0.3) is 5.92 Å². The first kappa shape index (κ1) is 41.7. The van der Waals surface area contributed by atoms with E-state index in [0.29, 0.717) is 38.6 Å². The first-order valence-corrected chi connectivity index (χ1v) is 19.0. The minimum Gasteiger partial charge on any atom is -0.346 e. The largest absolute Gasteiger partial charge is 0.346 e. The maximum atomic E-state index is 15.3. The van der Waals surface area contributed by atoms with Crippen molar-refractivity contribution in [1.29, 1.82) is 0 Å². The minimum absolute atomic E-state index is 0.0162. The standard InChI is InChI=1S/C41H57F2N5O5/c1-28(2)20-35(46-38(52)33(21-30-12-6-4-7-13-30)24-36(50)34(45)22-31-14-8-5-9-15-31)37(51)23-32(16-10-11-18-44)39(53)48-25-40(26-48)17-19-47(29(3)49)27-41(40,42)43/h4-9,12-15,28,32-35H,10-11,16-27,44-45H2,1-3H3,(H,46,52)/t32-,33-,34+,35+/m0/s1. The van der Waals surface area contributed by atoms with Crippen LogP contribution in [0.25, 0.3) is 0 Å². The number of halogens is 2. The Morgan fingerprint density at radius 3 is 1.94 bits per heavy atom. The molecule has 12 heteroatoms. The van der Waals surface area contributed by atoms with Gasteiger partial charge in [-0.15, -0.1) is 0 Å². The van der Waals surface area contributed by atoms with Crippen molar-refractivity contribution >= 4 is 29.3 Å². The monoisotopic (exact) mass is 737 g/mol. The number of rotatable bonds is 19. The molecule has 0 aliphatic carbocycles. The Bertz CT molecular complexity index is 1550. The molecule has 0 saturated carbocycles. The molecule has 290 valence electrons. The number of Topliss-reactive ketones (excluding diaryl/α,β-unsaturated/α-hetero) is 2. The van der Waals surface area contributed by atoms with Gasteiger partial charge in [-0.1, -0.05) is 80.9 Å². The van der Waals surface area contributed by atoms with Crippen molar-refractivity contribution in [3.05, 3.63) is 71.8 Å². The molecule has 0 aromatic heterocycles. The summed E-state index contributed by atoms with van der Waals surface area (Å²) in [6.45, 7) is 4.80. The van der Waals surface area contributed by atoms with Crippen molar-refractivity contribution in [1.82, 2.24) is 15.1 Å². The number of likely N-dealkylation sites (tertiary alicyclic amines) is 2. The smallest absolute Gasteiger partial charge is 0.274 e. The lowest BCUT2D eigenvalue weighted by Gasteiger charge is -2.57. The number of hydrogen-bond donors (Lipinski definition) is 3. The Morgan fingerprint density at radius 2 is 1.40 bits per heavy atom. The summed E-state index contributed by atoms with van der Waals surface area (Å²) in [7, 11) is 0. The molecular weight excluding hydrogens is 680 g/mol. The second-order valence-corrected chi connectivity index (χ2v) is 15.6. The lowest BCUT2D eigenvalue weighted by atomic mass is 9.68. The summed E-state index contributed by atoms with van der Waals surface area (Å²) >= 11 is 0. The summed E-state index contributed by atoms with van der Waals surface area (Å²) < 4.78 is 30.6. The molecule has 0 bridgehead atoms. The van der Waals surface area contributed by atoms with Gasteiger partial charge in [0, 0.05) is 51.2 Å². The van der Waals surface area contributed by atoms with Crippen LogP contribution in [-0.2, 0) is 36.8 Å². The average molecular weight is 738 g/mol. The third-order valence-corrected chi connectivity index (χ3v) is 10.8. The summed E-state index contributed by atoms with van der Waals surface area (Å²) in [6, 6.07) is 17.0. The molecular formula is C41H57F2N5O5. The number of alkyl halides is 2. The lowest BCUT2D eigenvalue weighted by Crippen LogP contribution is -2.71. The Hall–Kier alpha value is -4.03. The summed E-state index contributed by atoms with van der Waals surface area (Å²) in [5, 5.41) is 2.94. The zero-order chi connectivity index (χ0) is 38.8. The number of carbonyl (C=O) groups is 5. The van der Waals surface area contributed by atoms with E-state index < -0.39 is 53.6 Å². The van der Waals surface area contributed by atoms with E-state index in [2.05, 4.69) is 5.32 Å². The first-order chi connectivity index (χ1) is 25.1. The van der Waals surface area contributed by atoms with Crippen LogP contribution in [0, 0.1) is 23.2 Å². The molecule has 2 heterocycles. The first-order valence-electron chi connectivity index (χ1n) is 19.0. The number of nitrogens with two attached hydrogens (primary N) is 2. The predicted octanol–water partition coefficient (Wildman–Crippen LogP) is 4.33. The van der Waals surface area contributed by atoms with Gasteiger partial charge >= 0.3 is 0 Å². The molecule has 4 rings (SSSR count). The topological polar surface area (TPSA) is 156 Å². The third-order valence-electron chi connectivity index (χ3n) is 10.8. The molecule has 4 atom stereocenters. The van der Waals surface area contributed by atoms with Gasteiger partial charge in [0.15, 0.2) is 11.6 Å². The van der Waals surface area contributed by atoms with Crippen LogP contribution in [0.5, 0.6) is 0 Å². The summed E-state index contributed by atoms with van der Waals surface area (Å²) in [6.07, 6.45) is 2.30. The van der Waals surface area contributed by atoms with Crippen LogP contribution in [0.2, 0.25) is 0 Å². The van der Waals surface area contributed by atoms with E-state index >= 15 is 8.78 Å². The van der Waals surface area contributed by atoms with Crippen LogP contribution in [0.15, 0.2) is 60.7 Å².